The van der Waals surface area contributed by atoms with Gasteiger partial charge in [0, 0.05) is 63.7 Å². The Bertz CT molecular complexity index is 534. The summed E-state index contributed by atoms with van der Waals surface area (Å²) in [7, 11) is 2.26. The Morgan fingerprint density at radius 3 is 2.38 bits per heavy atom. The standard InChI is InChI=1S/C22H36N4/c1-24-13-15-25(16-14-24)21-9-12-26(18-20-5-3-2-4-6-20)22(21)17-19-7-10-23-11-8-19/h7-8,10-11,20-22H,2-6,9,12-18H2,1H3/t21-,22+/m1/s1. The molecule has 3 fully saturated rings. The molecule has 0 N–H and O–H groups in total. The van der Waals surface area contributed by atoms with Gasteiger partial charge in [-0.2, -0.15) is 0 Å². The molecule has 1 aromatic heterocycles. The highest BCUT2D eigenvalue weighted by molar-refractivity contribution is 5.14. The number of rotatable bonds is 5. The zero-order valence-electron chi connectivity index (χ0n) is 16.5. The van der Waals surface area contributed by atoms with Crippen LogP contribution in [0.4, 0.5) is 0 Å². The number of likely N-dealkylation sites (tertiary alicyclic amines) is 1. The molecule has 144 valence electrons. The molecule has 0 spiro atoms. The van der Waals surface area contributed by atoms with Gasteiger partial charge in [0.25, 0.3) is 0 Å². The molecule has 2 aliphatic heterocycles. The quantitative estimate of drug-likeness (QED) is 0.809. The first-order valence-electron chi connectivity index (χ1n) is 10.8. The van der Waals surface area contributed by atoms with Crippen LogP contribution in [0.2, 0.25) is 0 Å². The Morgan fingerprint density at radius 1 is 0.923 bits per heavy atom. The van der Waals surface area contributed by atoms with Crippen molar-refractivity contribution in [3.63, 3.8) is 0 Å². The van der Waals surface area contributed by atoms with Gasteiger partial charge in [0.05, 0.1) is 0 Å². The van der Waals surface area contributed by atoms with Crippen LogP contribution in [0, 0.1) is 5.92 Å². The summed E-state index contributed by atoms with van der Waals surface area (Å²) in [6, 6.07) is 5.86. The van der Waals surface area contributed by atoms with Gasteiger partial charge in [-0.05, 0) is 56.3 Å². The van der Waals surface area contributed by atoms with E-state index in [0.717, 1.165) is 12.0 Å². The number of piperazine rings is 1. The maximum Gasteiger partial charge on any atom is 0.0292 e. The molecule has 3 heterocycles. The number of nitrogens with zero attached hydrogens (tertiary/aromatic N) is 4. The topological polar surface area (TPSA) is 22.6 Å². The second-order valence-electron chi connectivity index (χ2n) is 8.82. The van der Waals surface area contributed by atoms with Crippen molar-refractivity contribution < 1.29 is 0 Å². The number of pyridine rings is 1. The second-order valence-corrected chi connectivity index (χ2v) is 8.82. The lowest BCUT2D eigenvalue weighted by Crippen LogP contribution is -2.53. The van der Waals surface area contributed by atoms with Crippen LogP contribution >= 0.6 is 0 Å². The van der Waals surface area contributed by atoms with Crippen LogP contribution in [0.1, 0.15) is 44.1 Å². The molecule has 4 nitrogen and oxygen atoms in total. The Kier molecular flexibility index (Phi) is 6.24. The Morgan fingerprint density at radius 2 is 1.65 bits per heavy atom. The largest absolute Gasteiger partial charge is 0.304 e. The average Bonchev–Trinajstić information content (AvgIpc) is 3.06. The third kappa shape index (κ3) is 4.47. The van der Waals surface area contributed by atoms with Crippen molar-refractivity contribution in [1.29, 1.82) is 0 Å². The van der Waals surface area contributed by atoms with E-state index in [4.69, 9.17) is 0 Å². The fraction of sp³-hybridized carbons (Fsp3) is 0.773. The zero-order valence-corrected chi connectivity index (χ0v) is 16.5. The van der Waals surface area contributed by atoms with Crippen LogP contribution in [-0.2, 0) is 6.42 Å². The highest BCUT2D eigenvalue weighted by Crippen LogP contribution is 2.31. The third-order valence-electron chi connectivity index (χ3n) is 7.04. The lowest BCUT2D eigenvalue weighted by molar-refractivity contribution is 0.0807. The summed E-state index contributed by atoms with van der Waals surface area (Å²) in [4.78, 5) is 12.4. The van der Waals surface area contributed by atoms with Gasteiger partial charge < -0.3 is 4.90 Å². The van der Waals surface area contributed by atoms with Crippen molar-refractivity contribution >= 4 is 0 Å². The predicted octanol–water partition coefficient (Wildman–Crippen LogP) is 2.89. The first-order chi connectivity index (χ1) is 12.8. The molecule has 2 saturated heterocycles. The van der Waals surface area contributed by atoms with Crippen molar-refractivity contribution in [2.75, 3.05) is 46.3 Å². The Labute approximate surface area is 159 Å². The van der Waals surface area contributed by atoms with Gasteiger partial charge in [-0.15, -0.1) is 0 Å². The van der Waals surface area contributed by atoms with E-state index in [0.29, 0.717) is 6.04 Å². The van der Waals surface area contributed by atoms with Crippen molar-refractivity contribution in [2.24, 2.45) is 5.92 Å². The molecule has 0 amide bonds. The average molecular weight is 357 g/mol. The third-order valence-corrected chi connectivity index (χ3v) is 7.04. The molecule has 0 bridgehead atoms. The van der Waals surface area contributed by atoms with E-state index in [2.05, 4.69) is 38.9 Å². The van der Waals surface area contributed by atoms with Gasteiger partial charge in [0.2, 0.25) is 0 Å². The molecule has 3 aliphatic rings. The molecule has 1 aliphatic carbocycles. The normalized spacial score (nSPS) is 30.0. The van der Waals surface area contributed by atoms with E-state index in [1.54, 1.807) is 0 Å². The summed E-state index contributed by atoms with van der Waals surface area (Å²) >= 11 is 0. The molecule has 0 aromatic carbocycles. The number of likely N-dealkylation sites (N-methyl/N-ethyl adjacent to an activating group) is 1. The summed E-state index contributed by atoms with van der Waals surface area (Å²) in [5.74, 6) is 0.940. The molecule has 4 rings (SSSR count). The van der Waals surface area contributed by atoms with E-state index >= 15 is 0 Å². The maximum atomic E-state index is 4.22. The monoisotopic (exact) mass is 356 g/mol. The predicted molar refractivity (Wildman–Crippen MR) is 107 cm³/mol. The minimum absolute atomic E-state index is 0.683. The van der Waals surface area contributed by atoms with Gasteiger partial charge in [0.1, 0.15) is 0 Å². The molecule has 1 saturated carbocycles. The summed E-state index contributed by atoms with van der Waals surface area (Å²) in [5, 5.41) is 0. The van der Waals surface area contributed by atoms with Crippen LogP contribution in [0.5, 0.6) is 0 Å². The van der Waals surface area contributed by atoms with E-state index in [-0.39, 0.29) is 0 Å². The van der Waals surface area contributed by atoms with Gasteiger partial charge in [-0.25, -0.2) is 0 Å². The highest BCUT2D eigenvalue weighted by Gasteiger charge is 2.39. The van der Waals surface area contributed by atoms with E-state index in [1.165, 1.54) is 89.8 Å². The molecular formula is C22H36N4. The zero-order chi connectivity index (χ0) is 17.8. The number of hydrogen-bond acceptors (Lipinski definition) is 4. The highest BCUT2D eigenvalue weighted by atomic mass is 15.3. The van der Waals surface area contributed by atoms with E-state index < -0.39 is 0 Å². The van der Waals surface area contributed by atoms with Crippen molar-refractivity contribution in [2.45, 2.75) is 57.0 Å². The first-order valence-corrected chi connectivity index (χ1v) is 10.8. The molecule has 2 atom stereocenters. The Hall–Kier alpha value is -0.970. The molecule has 1 aromatic rings. The smallest absolute Gasteiger partial charge is 0.0292 e. The van der Waals surface area contributed by atoms with Crippen LogP contribution in [0.15, 0.2) is 24.5 Å². The molecule has 0 radical (unpaired) electrons. The van der Waals surface area contributed by atoms with E-state index in [1.807, 2.05) is 12.4 Å². The lowest BCUT2D eigenvalue weighted by atomic mass is 9.88. The maximum absolute atomic E-state index is 4.22. The van der Waals surface area contributed by atoms with Crippen molar-refractivity contribution in [3.05, 3.63) is 30.1 Å². The number of hydrogen-bond donors (Lipinski definition) is 0. The Balaban J connectivity index is 1.46. The summed E-state index contributed by atoms with van der Waals surface area (Å²) in [6.45, 7) is 7.56. The summed E-state index contributed by atoms with van der Waals surface area (Å²) < 4.78 is 0. The van der Waals surface area contributed by atoms with Crippen LogP contribution in [0.3, 0.4) is 0 Å². The summed E-state index contributed by atoms with van der Waals surface area (Å²) in [6.07, 6.45) is 13.7. The fourth-order valence-electron chi connectivity index (χ4n) is 5.43. The van der Waals surface area contributed by atoms with Gasteiger partial charge in [-0.3, -0.25) is 14.8 Å². The molecule has 4 heteroatoms. The van der Waals surface area contributed by atoms with Crippen molar-refractivity contribution in [3.8, 4) is 0 Å². The van der Waals surface area contributed by atoms with Crippen LogP contribution < -0.4 is 0 Å². The van der Waals surface area contributed by atoms with Crippen LogP contribution in [0.25, 0.3) is 0 Å². The van der Waals surface area contributed by atoms with Gasteiger partial charge in [-0.1, -0.05) is 19.3 Å². The minimum Gasteiger partial charge on any atom is -0.304 e. The number of aromatic nitrogens is 1. The van der Waals surface area contributed by atoms with Gasteiger partial charge >= 0.3 is 0 Å². The van der Waals surface area contributed by atoms with E-state index in [9.17, 15) is 0 Å². The summed E-state index contributed by atoms with van der Waals surface area (Å²) in [5.41, 5.74) is 1.46. The van der Waals surface area contributed by atoms with Crippen molar-refractivity contribution in [1.82, 2.24) is 19.7 Å². The fourth-order valence-corrected chi connectivity index (χ4v) is 5.43. The molecule has 0 unspecified atom stereocenters. The minimum atomic E-state index is 0.683. The SMILES string of the molecule is CN1CCN([C@@H]2CCN(CC3CCCCC3)[C@H]2Cc2ccncc2)CC1. The molecular weight excluding hydrogens is 320 g/mol. The van der Waals surface area contributed by atoms with Crippen LogP contribution in [-0.4, -0.2) is 78.1 Å². The molecule has 26 heavy (non-hydrogen) atoms. The second kappa shape index (κ2) is 8.81. The first kappa shape index (κ1) is 18.4. The lowest BCUT2D eigenvalue weighted by Gasteiger charge is -2.40. The van der Waals surface area contributed by atoms with Gasteiger partial charge in [0.15, 0.2) is 0 Å².